The number of rotatable bonds is 3. The minimum Gasteiger partial charge on any atom is -0.475 e. The van der Waals surface area contributed by atoms with Gasteiger partial charge in [-0.25, -0.2) is 9.18 Å². The van der Waals surface area contributed by atoms with Crippen molar-refractivity contribution < 1.29 is 18.7 Å². The molecule has 0 atom stereocenters. The van der Waals surface area contributed by atoms with Crippen LogP contribution in [0.3, 0.4) is 0 Å². The highest BCUT2D eigenvalue weighted by Gasteiger charge is 2.22. The number of aromatic nitrogens is 1. The van der Waals surface area contributed by atoms with Crippen LogP contribution in [0.4, 0.5) is 15.8 Å². The number of furan rings is 1. The Morgan fingerprint density at radius 3 is 2.86 bits per heavy atom. The molecule has 0 unspecified atom stereocenters. The van der Waals surface area contributed by atoms with E-state index in [2.05, 4.69) is 10.3 Å². The second-order valence-electron chi connectivity index (χ2n) is 4.69. The van der Waals surface area contributed by atoms with Crippen molar-refractivity contribution in [2.75, 3.05) is 5.32 Å². The molecule has 0 spiro atoms. The van der Waals surface area contributed by atoms with E-state index in [-0.39, 0.29) is 17.1 Å². The number of anilines is 2. The second kappa shape index (κ2) is 5.60. The number of pyridine rings is 1. The third kappa shape index (κ3) is 2.54. The van der Waals surface area contributed by atoms with Crippen molar-refractivity contribution in [3.63, 3.8) is 0 Å². The zero-order valence-corrected chi connectivity index (χ0v) is 13.5. The fourth-order valence-electron chi connectivity index (χ4n) is 2.14. The van der Waals surface area contributed by atoms with Gasteiger partial charge in [0.2, 0.25) is 5.76 Å². The van der Waals surface area contributed by atoms with Crippen LogP contribution in [0.5, 0.6) is 0 Å². The van der Waals surface area contributed by atoms with Crippen molar-refractivity contribution in [3.8, 4) is 0 Å². The van der Waals surface area contributed by atoms with Crippen molar-refractivity contribution >= 4 is 64.2 Å². The number of hydrogen-bond donors (Lipinski definition) is 2. The zero-order chi connectivity index (χ0) is 15.9. The molecule has 0 aliphatic rings. The summed E-state index contributed by atoms with van der Waals surface area (Å²) in [6.07, 6.45) is 3.07. The van der Waals surface area contributed by atoms with Crippen LogP contribution in [0.1, 0.15) is 10.6 Å². The van der Waals surface area contributed by atoms with Crippen LogP contribution >= 0.6 is 22.6 Å². The molecule has 5 nitrogen and oxygen atoms in total. The van der Waals surface area contributed by atoms with Gasteiger partial charge in [0.1, 0.15) is 24.9 Å². The van der Waals surface area contributed by atoms with E-state index < -0.39 is 11.8 Å². The number of carbonyl (C=O) groups is 1. The first-order chi connectivity index (χ1) is 10.5. The molecular formula is C14H9BFIN2O3. The first-order valence-corrected chi connectivity index (χ1v) is 7.37. The molecule has 0 aliphatic heterocycles. The number of nitrogens with one attached hydrogen (secondary N) is 1. The molecule has 0 saturated carbocycles. The topological polar surface area (TPSA) is 75.4 Å². The summed E-state index contributed by atoms with van der Waals surface area (Å²) in [7, 11) is 1.76. The van der Waals surface area contributed by atoms with Gasteiger partial charge >= 0.3 is 5.97 Å². The molecule has 0 saturated heterocycles. The number of nitrogens with zero attached hydrogens (tertiary/aromatic N) is 1. The van der Waals surface area contributed by atoms with Gasteiger partial charge in [-0.2, -0.15) is 0 Å². The number of halogens is 2. The molecule has 0 radical (unpaired) electrons. The van der Waals surface area contributed by atoms with E-state index in [0.29, 0.717) is 16.4 Å². The predicted molar refractivity (Wildman–Crippen MR) is 91.5 cm³/mol. The van der Waals surface area contributed by atoms with Crippen molar-refractivity contribution in [1.29, 1.82) is 0 Å². The Balaban J connectivity index is 2.18. The van der Waals surface area contributed by atoms with Crippen LogP contribution in [-0.2, 0) is 0 Å². The van der Waals surface area contributed by atoms with Gasteiger partial charge in [-0.05, 0) is 46.3 Å². The zero-order valence-electron chi connectivity index (χ0n) is 11.4. The molecule has 2 aromatic heterocycles. The van der Waals surface area contributed by atoms with Crippen LogP contribution in [0.25, 0.3) is 11.0 Å². The number of fused-ring (bicyclic) bond motifs is 1. The first-order valence-electron chi connectivity index (χ1n) is 6.30. The number of carboxylic acid groups (broad SMARTS) is 1. The third-order valence-electron chi connectivity index (χ3n) is 3.16. The first kappa shape index (κ1) is 14.8. The molecule has 8 heteroatoms. The summed E-state index contributed by atoms with van der Waals surface area (Å²) < 4.78 is 20.1. The Labute approximate surface area is 139 Å². The van der Waals surface area contributed by atoms with E-state index >= 15 is 0 Å². The molecule has 0 fully saturated rings. The van der Waals surface area contributed by atoms with Crippen LogP contribution in [0, 0.1) is 9.39 Å². The number of carboxylic acids is 1. The Morgan fingerprint density at radius 2 is 2.18 bits per heavy atom. The summed E-state index contributed by atoms with van der Waals surface area (Å²) in [6.45, 7) is 0. The van der Waals surface area contributed by atoms with E-state index in [4.69, 9.17) is 4.42 Å². The molecule has 0 bridgehead atoms. The van der Waals surface area contributed by atoms with E-state index in [1.165, 1.54) is 12.3 Å². The summed E-state index contributed by atoms with van der Waals surface area (Å²) in [5, 5.41) is 12.6. The summed E-state index contributed by atoms with van der Waals surface area (Å²) in [5.41, 5.74) is 1.49. The Kier molecular flexibility index (Phi) is 3.77. The third-order valence-corrected chi connectivity index (χ3v) is 3.83. The van der Waals surface area contributed by atoms with E-state index in [1.54, 1.807) is 26.2 Å². The fraction of sp³-hybridized carbons (Fsp3) is 0. The van der Waals surface area contributed by atoms with E-state index in [1.807, 2.05) is 22.6 Å². The van der Waals surface area contributed by atoms with Gasteiger partial charge in [-0.1, -0.05) is 0 Å². The van der Waals surface area contributed by atoms with E-state index in [0.717, 1.165) is 3.57 Å². The van der Waals surface area contributed by atoms with E-state index in [9.17, 15) is 14.3 Å². The molecular weight excluding hydrogens is 401 g/mol. The predicted octanol–water partition coefficient (Wildman–Crippen LogP) is 2.27. The quantitative estimate of drug-likeness (QED) is 0.512. The smallest absolute Gasteiger partial charge is 0.374 e. The lowest BCUT2D eigenvalue weighted by Gasteiger charge is -2.07. The molecule has 2 N–H and O–H groups in total. The summed E-state index contributed by atoms with van der Waals surface area (Å²) in [5.74, 6) is -1.98. The monoisotopic (exact) mass is 410 g/mol. The summed E-state index contributed by atoms with van der Waals surface area (Å²) in [4.78, 5) is 15.4. The van der Waals surface area contributed by atoms with Crippen LogP contribution in [0.15, 0.2) is 35.0 Å². The highest BCUT2D eigenvalue weighted by molar-refractivity contribution is 14.1. The van der Waals surface area contributed by atoms with Gasteiger partial charge in [0.25, 0.3) is 0 Å². The standard InChI is InChI=1S/C14H9BFIN2O3/c15-8-5-18-4-7-11(13(14(20)21)22-12(7)8)19-10-2-1-6(17)3-9(10)16/h1-5,19H,15H2,(H,20,21). The van der Waals surface area contributed by atoms with Gasteiger partial charge < -0.3 is 14.8 Å². The Morgan fingerprint density at radius 1 is 1.41 bits per heavy atom. The molecule has 3 rings (SSSR count). The molecule has 2 heterocycles. The maximum atomic E-state index is 14.0. The van der Waals surface area contributed by atoms with Crippen molar-refractivity contribution in [2.24, 2.45) is 0 Å². The second-order valence-corrected chi connectivity index (χ2v) is 5.94. The van der Waals surface area contributed by atoms with Crippen molar-refractivity contribution in [3.05, 3.63) is 45.7 Å². The molecule has 3 aromatic rings. The number of hydrogen-bond acceptors (Lipinski definition) is 4. The van der Waals surface area contributed by atoms with Crippen molar-refractivity contribution in [1.82, 2.24) is 4.98 Å². The van der Waals surface area contributed by atoms with Gasteiger partial charge in [-0.3, -0.25) is 4.98 Å². The Bertz CT molecular complexity index is 897. The number of aromatic carboxylic acids is 1. The maximum absolute atomic E-state index is 14.0. The SMILES string of the molecule is Bc1cncc2c(Nc3ccc(I)cc3F)c(C(=O)O)oc12. The maximum Gasteiger partial charge on any atom is 0.374 e. The van der Waals surface area contributed by atoms with Gasteiger partial charge in [0.05, 0.1) is 11.1 Å². The summed E-state index contributed by atoms with van der Waals surface area (Å²) in [6, 6.07) is 4.62. The lowest BCUT2D eigenvalue weighted by Crippen LogP contribution is -2.03. The Hall–Kier alpha value is -2.10. The van der Waals surface area contributed by atoms with Crippen LogP contribution in [0.2, 0.25) is 0 Å². The van der Waals surface area contributed by atoms with Crippen LogP contribution < -0.4 is 10.8 Å². The van der Waals surface area contributed by atoms with Gasteiger partial charge in [0.15, 0.2) is 0 Å². The lowest BCUT2D eigenvalue weighted by atomic mass is 9.97. The van der Waals surface area contributed by atoms with Crippen molar-refractivity contribution in [2.45, 2.75) is 0 Å². The lowest BCUT2D eigenvalue weighted by molar-refractivity contribution is 0.0666. The largest absolute Gasteiger partial charge is 0.475 e. The molecule has 0 aliphatic carbocycles. The fourth-order valence-corrected chi connectivity index (χ4v) is 2.60. The highest BCUT2D eigenvalue weighted by atomic mass is 127. The molecule has 1 aromatic carbocycles. The average Bonchev–Trinajstić information content (AvgIpc) is 2.82. The minimum absolute atomic E-state index is 0.173. The molecule has 0 amide bonds. The normalized spacial score (nSPS) is 10.8. The van der Waals surface area contributed by atoms with Gasteiger partial charge in [-0.15, -0.1) is 0 Å². The minimum atomic E-state index is -1.23. The number of benzene rings is 1. The van der Waals surface area contributed by atoms with Gasteiger partial charge in [0, 0.05) is 16.0 Å². The highest BCUT2D eigenvalue weighted by Crippen LogP contribution is 2.33. The molecule has 110 valence electrons. The molecule has 22 heavy (non-hydrogen) atoms. The average molecular weight is 410 g/mol. The summed E-state index contributed by atoms with van der Waals surface area (Å²) >= 11 is 2.00. The van der Waals surface area contributed by atoms with Crippen LogP contribution in [-0.4, -0.2) is 23.9 Å².